The molecule has 0 saturated carbocycles. The number of benzene rings is 2. The summed E-state index contributed by atoms with van der Waals surface area (Å²) in [4.78, 5) is 24.2. The minimum absolute atomic E-state index is 0.0455. The van der Waals surface area contributed by atoms with Gasteiger partial charge in [0.25, 0.3) is 11.8 Å². The zero-order chi connectivity index (χ0) is 22.6. The van der Waals surface area contributed by atoms with Crippen LogP contribution in [0.1, 0.15) is 22.8 Å². The second-order valence-electron chi connectivity index (χ2n) is 5.93. The van der Waals surface area contributed by atoms with Gasteiger partial charge in [0.15, 0.2) is 11.5 Å². The van der Waals surface area contributed by atoms with Crippen LogP contribution >= 0.6 is 11.6 Å². The van der Waals surface area contributed by atoms with Gasteiger partial charge in [0.1, 0.15) is 12.4 Å². The number of carbonyl (C=O) groups excluding carboxylic acids is 2. The lowest BCUT2D eigenvalue weighted by atomic mass is 10.2. The van der Waals surface area contributed by atoms with Gasteiger partial charge in [-0.3, -0.25) is 9.59 Å². The molecule has 0 unspecified atom stereocenters. The number of terminal acetylenes is 1. The van der Waals surface area contributed by atoms with Gasteiger partial charge in [0, 0.05) is 0 Å². The van der Waals surface area contributed by atoms with Crippen molar-refractivity contribution in [3.63, 3.8) is 0 Å². The minimum Gasteiger partial charge on any atom is -0.496 e. The molecule has 162 valence electrons. The average molecular weight is 444 g/mol. The van der Waals surface area contributed by atoms with Crippen LogP contribution in [0, 0.1) is 12.3 Å². The van der Waals surface area contributed by atoms with Crippen molar-refractivity contribution < 1.29 is 23.8 Å². The maximum absolute atomic E-state index is 12.2. The van der Waals surface area contributed by atoms with Gasteiger partial charge in [-0.25, -0.2) is 5.43 Å². The van der Waals surface area contributed by atoms with E-state index >= 15 is 0 Å². The van der Waals surface area contributed by atoms with Gasteiger partial charge < -0.3 is 19.5 Å². The van der Waals surface area contributed by atoms with Crippen molar-refractivity contribution in [1.29, 1.82) is 0 Å². The van der Waals surface area contributed by atoms with Crippen LogP contribution in [-0.2, 0) is 4.79 Å². The van der Waals surface area contributed by atoms with E-state index in [1.165, 1.54) is 13.3 Å². The third-order valence-corrected chi connectivity index (χ3v) is 4.08. The van der Waals surface area contributed by atoms with E-state index in [1.807, 2.05) is 6.92 Å². The maximum Gasteiger partial charge on any atom is 0.259 e. The number of hydrazone groups is 1. The highest BCUT2D eigenvalue weighted by atomic mass is 35.5. The number of hydrogen-bond donors (Lipinski definition) is 2. The number of hydrogen-bond acceptors (Lipinski definition) is 6. The topological polar surface area (TPSA) is 98.2 Å². The maximum atomic E-state index is 12.2. The van der Waals surface area contributed by atoms with Crippen molar-refractivity contribution in [1.82, 2.24) is 10.7 Å². The molecule has 0 atom stereocenters. The second-order valence-corrected chi connectivity index (χ2v) is 6.34. The molecule has 0 aliphatic heterocycles. The van der Waals surface area contributed by atoms with Gasteiger partial charge in [-0.2, -0.15) is 5.10 Å². The molecule has 31 heavy (non-hydrogen) atoms. The van der Waals surface area contributed by atoms with Gasteiger partial charge in [-0.05, 0) is 36.8 Å². The van der Waals surface area contributed by atoms with Gasteiger partial charge >= 0.3 is 0 Å². The van der Waals surface area contributed by atoms with Crippen LogP contribution in [-0.4, -0.2) is 44.9 Å². The summed E-state index contributed by atoms with van der Waals surface area (Å²) in [5, 5.41) is 6.67. The third-order valence-electron chi connectivity index (χ3n) is 3.80. The first-order valence-corrected chi connectivity index (χ1v) is 9.63. The van der Waals surface area contributed by atoms with Crippen molar-refractivity contribution in [2.24, 2.45) is 5.10 Å². The van der Waals surface area contributed by atoms with E-state index in [0.717, 1.165) is 0 Å². The first kappa shape index (κ1) is 23.6. The molecule has 0 aliphatic rings. The van der Waals surface area contributed by atoms with E-state index in [9.17, 15) is 9.59 Å². The fourth-order valence-electron chi connectivity index (χ4n) is 2.49. The largest absolute Gasteiger partial charge is 0.496 e. The molecule has 0 aromatic heterocycles. The van der Waals surface area contributed by atoms with Crippen LogP contribution in [0.4, 0.5) is 0 Å². The highest BCUT2D eigenvalue weighted by Crippen LogP contribution is 2.36. The van der Waals surface area contributed by atoms with Gasteiger partial charge in [-0.15, -0.1) is 6.42 Å². The Hall–Kier alpha value is -3.70. The molecule has 0 fully saturated rings. The van der Waals surface area contributed by atoms with E-state index in [4.69, 9.17) is 32.2 Å². The minimum atomic E-state index is -0.510. The molecule has 2 N–H and O–H groups in total. The lowest BCUT2D eigenvalue weighted by Crippen LogP contribution is -2.35. The smallest absolute Gasteiger partial charge is 0.259 e. The molecule has 2 rings (SSSR count). The molecular weight excluding hydrogens is 422 g/mol. The number of carbonyl (C=O) groups is 2. The van der Waals surface area contributed by atoms with Crippen molar-refractivity contribution in [3.05, 3.63) is 52.5 Å². The summed E-state index contributed by atoms with van der Waals surface area (Å²) in [5.74, 6) is 2.57. The molecule has 0 aliphatic carbocycles. The number of methoxy groups -OCH3 is 1. The number of amides is 2. The van der Waals surface area contributed by atoms with Crippen LogP contribution in [0.3, 0.4) is 0 Å². The quantitative estimate of drug-likeness (QED) is 0.334. The van der Waals surface area contributed by atoms with Gasteiger partial charge in [-0.1, -0.05) is 29.7 Å². The Kier molecular flexibility index (Phi) is 9.20. The number of nitrogens with one attached hydrogen (secondary N) is 2. The molecule has 2 aromatic carbocycles. The zero-order valence-corrected chi connectivity index (χ0v) is 17.9. The Morgan fingerprint density at radius 2 is 2.00 bits per heavy atom. The second kappa shape index (κ2) is 12.1. The summed E-state index contributed by atoms with van der Waals surface area (Å²) in [6.45, 7) is 1.99. The first-order chi connectivity index (χ1) is 15.0. The summed E-state index contributed by atoms with van der Waals surface area (Å²) >= 11 is 6.23. The number of para-hydroxylation sites is 1. The van der Waals surface area contributed by atoms with E-state index in [2.05, 4.69) is 21.8 Å². The number of rotatable bonds is 10. The monoisotopic (exact) mass is 443 g/mol. The third kappa shape index (κ3) is 6.94. The summed E-state index contributed by atoms with van der Waals surface area (Å²) < 4.78 is 16.1. The molecular formula is C22H22ClN3O5. The number of halogens is 1. The lowest BCUT2D eigenvalue weighted by molar-refractivity contribution is -0.120. The fraction of sp³-hybridized carbons (Fsp3) is 0.227. The molecule has 0 heterocycles. The van der Waals surface area contributed by atoms with Crippen LogP contribution in [0.25, 0.3) is 0 Å². The van der Waals surface area contributed by atoms with E-state index in [1.54, 1.807) is 36.4 Å². The van der Waals surface area contributed by atoms with Crippen LogP contribution in [0.5, 0.6) is 17.2 Å². The van der Waals surface area contributed by atoms with Crippen LogP contribution in [0.15, 0.2) is 41.5 Å². The Labute approximate surface area is 185 Å². The summed E-state index contributed by atoms with van der Waals surface area (Å²) in [5.41, 5.74) is 3.22. The highest BCUT2D eigenvalue weighted by molar-refractivity contribution is 6.32. The van der Waals surface area contributed by atoms with Crippen molar-refractivity contribution in [2.45, 2.75) is 6.92 Å². The Balaban J connectivity index is 1.96. The van der Waals surface area contributed by atoms with Crippen LogP contribution < -0.4 is 25.0 Å². The molecule has 0 saturated heterocycles. The van der Waals surface area contributed by atoms with E-state index < -0.39 is 11.8 Å². The number of ether oxygens (including phenoxy) is 3. The van der Waals surface area contributed by atoms with E-state index in [-0.39, 0.29) is 18.2 Å². The van der Waals surface area contributed by atoms with Gasteiger partial charge in [0.05, 0.1) is 37.1 Å². The Morgan fingerprint density at radius 3 is 2.71 bits per heavy atom. The zero-order valence-electron chi connectivity index (χ0n) is 17.1. The van der Waals surface area contributed by atoms with Crippen molar-refractivity contribution in [3.8, 4) is 29.6 Å². The lowest BCUT2D eigenvalue weighted by Gasteiger charge is -2.12. The average Bonchev–Trinajstić information content (AvgIpc) is 2.77. The van der Waals surface area contributed by atoms with Crippen molar-refractivity contribution >= 4 is 29.6 Å². The molecule has 2 aromatic rings. The summed E-state index contributed by atoms with van der Waals surface area (Å²) in [7, 11) is 1.46. The fourth-order valence-corrected chi connectivity index (χ4v) is 2.76. The number of nitrogens with zero attached hydrogens (tertiary/aromatic N) is 1. The predicted octanol–water partition coefficient (Wildman–Crippen LogP) is 2.64. The Morgan fingerprint density at radius 1 is 1.23 bits per heavy atom. The molecule has 9 heteroatoms. The molecule has 0 radical (unpaired) electrons. The standard InChI is InChI=1S/C22H22ClN3O5/c1-4-10-31-21-17(23)11-15(12-19(21)30-5-2)13-25-26-20(27)14-24-22(28)16-8-6-7-9-18(16)29-3/h1,6-9,11-13H,5,10,14H2,2-3H3,(H,24,28)(H,26,27). The summed E-state index contributed by atoms with van der Waals surface area (Å²) in [6.07, 6.45) is 6.60. The predicted molar refractivity (Wildman–Crippen MR) is 118 cm³/mol. The normalized spacial score (nSPS) is 10.3. The molecule has 0 bridgehead atoms. The highest BCUT2D eigenvalue weighted by Gasteiger charge is 2.13. The van der Waals surface area contributed by atoms with Gasteiger partial charge in [0.2, 0.25) is 0 Å². The first-order valence-electron chi connectivity index (χ1n) is 9.25. The SMILES string of the molecule is C#CCOc1c(Cl)cc(C=NNC(=O)CNC(=O)c2ccccc2OC)cc1OCC. The molecule has 2 amide bonds. The molecule has 8 nitrogen and oxygen atoms in total. The summed E-state index contributed by atoms with van der Waals surface area (Å²) in [6, 6.07) is 9.94. The van der Waals surface area contributed by atoms with E-state index in [0.29, 0.717) is 35.0 Å². The Bertz CT molecular complexity index is 1000. The van der Waals surface area contributed by atoms with Crippen molar-refractivity contribution in [2.75, 3.05) is 26.9 Å². The molecule has 0 spiro atoms. The van der Waals surface area contributed by atoms with Crippen LogP contribution in [0.2, 0.25) is 5.02 Å².